The van der Waals surface area contributed by atoms with E-state index in [9.17, 15) is 19.2 Å². The molecule has 2 saturated heterocycles. The van der Waals surface area contributed by atoms with Crippen LogP contribution < -0.4 is 10.6 Å². The van der Waals surface area contributed by atoms with Crippen LogP contribution in [0.15, 0.2) is 18.2 Å². The van der Waals surface area contributed by atoms with Crippen molar-refractivity contribution in [2.45, 2.75) is 38.6 Å². The molecule has 4 aliphatic rings. The Labute approximate surface area is 181 Å². The first-order chi connectivity index (χ1) is 14.8. The number of fused-ring (bicyclic) bond motifs is 1. The quantitative estimate of drug-likeness (QED) is 0.695. The average molecular weight is 425 g/mol. The van der Waals surface area contributed by atoms with Crippen molar-refractivity contribution in [2.24, 2.45) is 17.3 Å². The Bertz CT molecular complexity index is 976. The number of carbonyl (C=O) groups is 4. The molecule has 4 amide bonds. The van der Waals surface area contributed by atoms with Crippen LogP contribution in [0.3, 0.4) is 0 Å². The maximum absolute atomic E-state index is 13.2. The molecular formula is C23H28N4O4. The van der Waals surface area contributed by atoms with Gasteiger partial charge in [0.05, 0.1) is 11.1 Å². The van der Waals surface area contributed by atoms with E-state index >= 15 is 0 Å². The van der Waals surface area contributed by atoms with Gasteiger partial charge in [-0.3, -0.25) is 29.4 Å². The molecule has 2 N–H and O–H groups in total. The van der Waals surface area contributed by atoms with Crippen molar-refractivity contribution in [3.05, 3.63) is 29.3 Å². The van der Waals surface area contributed by atoms with E-state index in [1.54, 1.807) is 12.1 Å². The summed E-state index contributed by atoms with van der Waals surface area (Å²) in [5.41, 5.74) is 1.81. The normalized spacial score (nSPS) is 26.4. The van der Waals surface area contributed by atoms with Crippen LogP contribution in [-0.4, -0.2) is 66.2 Å². The summed E-state index contributed by atoms with van der Waals surface area (Å²) in [7, 11) is 2.16. The van der Waals surface area contributed by atoms with E-state index in [0.717, 1.165) is 11.4 Å². The fraction of sp³-hybridized carbons (Fsp3) is 0.565. The fourth-order valence-electron chi connectivity index (χ4n) is 5.91. The summed E-state index contributed by atoms with van der Waals surface area (Å²) in [6.45, 7) is 5.36. The molecule has 8 nitrogen and oxygen atoms in total. The highest BCUT2D eigenvalue weighted by Crippen LogP contribution is 2.53. The molecule has 2 atom stereocenters. The second-order valence-corrected chi connectivity index (χ2v) is 9.87. The van der Waals surface area contributed by atoms with E-state index in [-0.39, 0.29) is 18.7 Å². The first-order valence-corrected chi connectivity index (χ1v) is 11.0. The van der Waals surface area contributed by atoms with E-state index in [1.807, 2.05) is 6.07 Å². The number of likely N-dealkylation sites (tertiary alicyclic amines) is 1. The molecule has 0 bridgehead atoms. The third kappa shape index (κ3) is 3.24. The largest absolute Gasteiger partial charge is 0.384 e. The predicted octanol–water partition coefficient (Wildman–Crippen LogP) is 1.48. The van der Waals surface area contributed by atoms with E-state index in [0.29, 0.717) is 34.1 Å². The number of imide groups is 2. The Morgan fingerprint density at radius 2 is 1.90 bits per heavy atom. The SMILES string of the molecule is C[C@H](CNc1cccc2c1C(=O)N(C1CCC(=O)NC1=O)C2=O)C1CC2(C1)CN(C)C2. The summed E-state index contributed by atoms with van der Waals surface area (Å²) in [6, 6.07) is 4.25. The molecule has 1 aliphatic carbocycles. The summed E-state index contributed by atoms with van der Waals surface area (Å²) >= 11 is 0. The number of rotatable bonds is 5. The molecular weight excluding hydrogens is 396 g/mol. The lowest BCUT2D eigenvalue weighted by atomic mass is 9.55. The molecule has 5 rings (SSSR count). The summed E-state index contributed by atoms with van der Waals surface area (Å²) in [5.74, 6) is -0.761. The van der Waals surface area contributed by atoms with Crippen LogP contribution in [0.1, 0.15) is 53.3 Å². The zero-order chi connectivity index (χ0) is 21.9. The van der Waals surface area contributed by atoms with Crippen LogP contribution in [0.4, 0.5) is 5.69 Å². The van der Waals surface area contributed by atoms with Gasteiger partial charge in [-0.05, 0) is 55.7 Å². The molecule has 1 aromatic rings. The van der Waals surface area contributed by atoms with Crippen molar-refractivity contribution in [2.75, 3.05) is 32.0 Å². The van der Waals surface area contributed by atoms with Crippen molar-refractivity contribution >= 4 is 29.3 Å². The average Bonchev–Trinajstić information content (AvgIpc) is 2.93. The number of anilines is 1. The predicted molar refractivity (Wildman–Crippen MR) is 113 cm³/mol. The molecule has 164 valence electrons. The molecule has 1 unspecified atom stereocenters. The summed E-state index contributed by atoms with van der Waals surface area (Å²) in [4.78, 5) is 53.2. The van der Waals surface area contributed by atoms with Crippen LogP contribution >= 0.6 is 0 Å². The van der Waals surface area contributed by atoms with Crippen LogP contribution in [-0.2, 0) is 9.59 Å². The van der Waals surface area contributed by atoms with Gasteiger partial charge in [-0.25, -0.2) is 0 Å². The Hall–Kier alpha value is -2.74. The fourth-order valence-corrected chi connectivity index (χ4v) is 5.91. The second-order valence-electron chi connectivity index (χ2n) is 9.87. The van der Waals surface area contributed by atoms with E-state index in [2.05, 4.69) is 29.5 Å². The summed E-state index contributed by atoms with van der Waals surface area (Å²) in [6.07, 6.45) is 2.79. The zero-order valence-electron chi connectivity index (χ0n) is 17.9. The molecule has 1 spiro atoms. The smallest absolute Gasteiger partial charge is 0.264 e. The van der Waals surface area contributed by atoms with Gasteiger partial charge >= 0.3 is 0 Å². The minimum atomic E-state index is -0.941. The Morgan fingerprint density at radius 3 is 2.58 bits per heavy atom. The molecule has 3 aliphatic heterocycles. The third-order valence-electron chi connectivity index (χ3n) is 7.49. The van der Waals surface area contributed by atoms with Crippen molar-refractivity contribution in [1.82, 2.24) is 15.1 Å². The topological polar surface area (TPSA) is 98.8 Å². The zero-order valence-corrected chi connectivity index (χ0v) is 17.9. The lowest BCUT2D eigenvalue weighted by Gasteiger charge is -2.59. The maximum Gasteiger partial charge on any atom is 0.264 e. The van der Waals surface area contributed by atoms with E-state index in [1.165, 1.54) is 25.9 Å². The van der Waals surface area contributed by atoms with Gasteiger partial charge in [0.25, 0.3) is 11.8 Å². The molecule has 3 heterocycles. The van der Waals surface area contributed by atoms with Crippen LogP contribution in [0.5, 0.6) is 0 Å². The Morgan fingerprint density at radius 1 is 1.16 bits per heavy atom. The second kappa shape index (κ2) is 7.15. The number of nitrogens with one attached hydrogen (secondary N) is 2. The van der Waals surface area contributed by atoms with Gasteiger partial charge in [-0.15, -0.1) is 0 Å². The standard InChI is InChI=1S/C23H28N4O4/c1-13(14-8-23(9-14)11-26(2)12-23)10-24-16-5-3-4-15-19(16)22(31)27(21(15)30)17-6-7-18(28)25-20(17)29/h3-5,13-14,17,24H,6-12H2,1-2H3,(H,25,28,29)/t13-,17?/m1/s1. The van der Waals surface area contributed by atoms with Crippen molar-refractivity contribution in [3.63, 3.8) is 0 Å². The van der Waals surface area contributed by atoms with Crippen molar-refractivity contribution in [3.8, 4) is 0 Å². The number of benzene rings is 1. The molecule has 3 fully saturated rings. The molecule has 8 heteroatoms. The van der Waals surface area contributed by atoms with Crippen LogP contribution in [0.2, 0.25) is 0 Å². The molecule has 31 heavy (non-hydrogen) atoms. The van der Waals surface area contributed by atoms with Crippen molar-refractivity contribution in [1.29, 1.82) is 0 Å². The molecule has 0 radical (unpaired) electrons. The highest BCUT2D eigenvalue weighted by atomic mass is 16.2. The Balaban J connectivity index is 1.27. The highest BCUT2D eigenvalue weighted by molar-refractivity contribution is 6.25. The maximum atomic E-state index is 13.2. The van der Waals surface area contributed by atoms with Crippen molar-refractivity contribution < 1.29 is 19.2 Å². The lowest BCUT2D eigenvalue weighted by Crippen LogP contribution is -2.61. The van der Waals surface area contributed by atoms with Gasteiger partial charge in [0.1, 0.15) is 6.04 Å². The minimum Gasteiger partial charge on any atom is -0.384 e. The number of carbonyl (C=O) groups excluding carboxylic acids is 4. The minimum absolute atomic E-state index is 0.116. The number of amides is 4. The third-order valence-corrected chi connectivity index (χ3v) is 7.49. The lowest BCUT2D eigenvalue weighted by molar-refractivity contribution is -0.136. The first-order valence-electron chi connectivity index (χ1n) is 11.0. The van der Waals surface area contributed by atoms with Crippen LogP contribution in [0, 0.1) is 17.3 Å². The van der Waals surface area contributed by atoms with Gasteiger partial charge in [-0.1, -0.05) is 13.0 Å². The van der Waals surface area contributed by atoms with E-state index < -0.39 is 23.8 Å². The van der Waals surface area contributed by atoms with E-state index in [4.69, 9.17) is 0 Å². The monoisotopic (exact) mass is 424 g/mol. The van der Waals surface area contributed by atoms with Gasteiger partial charge in [-0.2, -0.15) is 0 Å². The highest BCUT2D eigenvalue weighted by Gasteiger charge is 2.52. The summed E-state index contributed by atoms with van der Waals surface area (Å²) < 4.78 is 0. The van der Waals surface area contributed by atoms with Crippen LogP contribution in [0.25, 0.3) is 0 Å². The molecule has 1 aromatic carbocycles. The van der Waals surface area contributed by atoms with Gasteiger partial charge in [0.2, 0.25) is 11.8 Å². The molecule has 1 saturated carbocycles. The number of piperidine rings is 1. The van der Waals surface area contributed by atoms with Gasteiger partial charge < -0.3 is 10.2 Å². The molecule has 0 aromatic heterocycles. The number of nitrogens with zero attached hydrogens (tertiary/aromatic N) is 2. The Kier molecular flexibility index (Phi) is 4.66. The first kappa shape index (κ1) is 20.2. The van der Waals surface area contributed by atoms with Gasteiger partial charge in [0.15, 0.2) is 0 Å². The van der Waals surface area contributed by atoms with Gasteiger partial charge in [0, 0.05) is 31.7 Å². The number of hydrogen-bond acceptors (Lipinski definition) is 6. The number of hydrogen-bond donors (Lipinski definition) is 2. The summed E-state index contributed by atoms with van der Waals surface area (Å²) in [5, 5.41) is 5.62.